The molecule has 0 aliphatic heterocycles. The van der Waals surface area contributed by atoms with Crippen molar-refractivity contribution in [2.24, 2.45) is 0 Å². The molecule has 0 unspecified atom stereocenters. The molecular weight excluding hydrogens is 598 g/mol. The van der Waals surface area contributed by atoms with Gasteiger partial charge in [0.25, 0.3) is 5.56 Å². The van der Waals surface area contributed by atoms with Gasteiger partial charge in [0.15, 0.2) is 0 Å². The minimum absolute atomic E-state index is 0.145. The minimum Gasteiger partial charge on any atom is -0.497 e. The van der Waals surface area contributed by atoms with Gasteiger partial charge in [-0.15, -0.1) is 0 Å². The lowest BCUT2D eigenvalue weighted by Crippen LogP contribution is -2.47. The molecule has 10 nitrogen and oxygen atoms in total. The molecule has 1 amide bonds. The van der Waals surface area contributed by atoms with Crippen LogP contribution in [0, 0.1) is 6.92 Å². The summed E-state index contributed by atoms with van der Waals surface area (Å²) < 4.78 is 19.0. The van der Waals surface area contributed by atoms with Crippen molar-refractivity contribution in [3.05, 3.63) is 164 Å². The molecule has 2 atom stereocenters. The van der Waals surface area contributed by atoms with Gasteiger partial charge in [0.2, 0.25) is 5.91 Å². The van der Waals surface area contributed by atoms with Crippen LogP contribution in [0.3, 0.4) is 0 Å². The van der Waals surface area contributed by atoms with E-state index in [1.807, 2.05) is 84.9 Å². The van der Waals surface area contributed by atoms with Crippen molar-refractivity contribution >= 4 is 5.91 Å². The largest absolute Gasteiger partial charge is 0.497 e. The third kappa shape index (κ3) is 7.35. The molecule has 0 saturated carbocycles. The second-order valence-electron chi connectivity index (χ2n) is 11.0. The number of aryl methyl sites for hydroxylation is 1. The topological polar surface area (TPSA) is 132 Å². The molecule has 3 N–H and O–H groups in total. The van der Waals surface area contributed by atoms with Crippen LogP contribution in [-0.2, 0) is 21.7 Å². The molecule has 1 aromatic heterocycles. The van der Waals surface area contributed by atoms with E-state index in [1.54, 1.807) is 45.4 Å². The van der Waals surface area contributed by atoms with Gasteiger partial charge in [-0.2, -0.15) is 0 Å². The van der Waals surface area contributed by atoms with Gasteiger partial charge in [-0.1, -0.05) is 84.9 Å². The number of carbonyl (C=O) groups is 1. The lowest BCUT2D eigenvalue weighted by Gasteiger charge is -2.38. The van der Waals surface area contributed by atoms with Gasteiger partial charge in [-0.05, 0) is 53.4 Å². The maximum Gasteiger partial charge on any atom is 0.328 e. The van der Waals surface area contributed by atoms with E-state index in [1.165, 1.54) is 6.20 Å². The zero-order chi connectivity index (χ0) is 33.4. The Hall–Kier alpha value is -5.45. The highest BCUT2D eigenvalue weighted by Gasteiger charge is 2.39. The van der Waals surface area contributed by atoms with Crippen molar-refractivity contribution in [2.45, 2.75) is 31.2 Å². The van der Waals surface area contributed by atoms with E-state index in [9.17, 15) is 19.5 Å². The first kappa shape index (κ1) is 32.9. The molecule has 4 aromatic carbocycles. The fourth-order valence-electron chi connectivity index (χ4n) is 5.53. The Morgan fingerprint density at radius 3 is 1.85 bits per heavy atom. The third-order valence-corrected chi connectivity index (χ3v) is 8.02. The summed E-state index contributed by atoms with van der Waals surface area (Å²) >= 11 is 0. The molecule has 10 heteroatoms. The predicted molar refractivity (Wildman–Crippen MR) is 178 cm³/mol. The molecule has 1 heterocycles. The Bertz CT molecular complexity index is 1840. The summed E-state index contributed by atoms with van der Waals surface area (Å²) in [5, 5.41) is 14.5. The first-order valence-electron chi connectivity index (χ1n) is 15.1. The Morgan fingerprint density at radius 1 is 0.809 bits per heavy atom. The number of aliphatic hydroxyl groups is 1. The molecule has 0 aliphatic carbocycles. The SMILES string of the molecule is COc1ccc(C(OC[C@@H](NC(=O)Cn2cc(C)c(=O)[nH]c2=O)[C@H](O)c2ccccc2)(c2ccccc2)c2ccc(OC)cc2)cc1. The van der Waals surface area contributed by atoms with Crippen LogP contribution < -0.4 is 26.0 Å². The Morgan fingerprint density at radius 2 is 1.32 bits per heavy atom. The average Bonchev–Trinajstić information content (AvgIpc) is 3.11. The number of hydrogen-bond donors (Lipinski definition) is 3. The zero-order valence-corrected chi connectivity index (χ0v) is 26.4. The number of carbonyl (C=O) groups excluding carboxylic acids is 1. The molecule has 47 heavy (non-hydrogen) atoms. The van der Waals surface area contributed by atoms with E-state index >= 15 is 0 Å². The zero-order valence-electron chi connectivity index (χ0n) is 26.4. The van der Waals surface area contributed by atoms with Crippen molar-refractivity contribution in [1.29, 1.82) is 0 Å². The van der Waals surface area contributed by atoms with Crippen molar-refractivity contribution < 1.29 is 24.1 Å². The van der Waals surface area contributed by atoms with Crippen LogP contribution in [0.15, 0.2) is 125 Å². The van der Waals surface area contributed by atoms with Gasteiger partial charge in [-0.25, -0.2) is 4.79 Å². The molecule has 0 aliphatic rings. The third-order valence-electron chi connectivity index (χ3n) is 8.02. The van der Waals surface area contributed by atoms with Gasteiger partial charge in [0, 0.05) is 11.8 Å². The molecule has 0 spiro atoms. The maximum absolute atomic E-state index is 13.4. The van der Waals surface area contributed by atoms with Gasteiger partial charge in [0.1, 0.15) is 29.7 Å². The molecule has 0 radical (unpaired) electrons. The number of ether oxygens (including phenoxy) is 3. The highest BCUT2D eigenvalue weighted by molar-refractivity contribution is 5.76. The summed E-state index contributed by atoms with van der Waals surface area (Å²) in [5.74, 6) is 0.784. The van der Waals surface area contributed by atoms with Gasteiger partial charge >= 0.3 is 5.69 Å². The van der Waals surface area contributed by atoms with Gasteiger partial charge in [0.05, 0.1) is 26.9 Å². The number of methoxy groups -OCH3 is 2. The van der Waals surface area contributed by atoms with Crippen LogP contribution in [0.1, 0.15) is 33.9 Å². The molecule has 5 aromatic rings. The highest BCUT2D eigenvalue weighted by Crippen LogP contribution is 2.42. The van der Waals surface area contributed by atoms with Gasteiger partial charge in [-0.3, -0.25) is 19.1 Å². The standard InChI is InChI=1S/C37H37N3O7/c1-25-22-40(36(44)39-35(25)43)23-33(41)38-32(34(42)26-10-6-4-7-11-26)24-47-37(27-12-8-5-9-13-27,28-14-18-30(45-2)19-15-28)29-16-20-31(46-3)21-17-29/h4-22,32,34,42H,23-24H2,1-3H3,(H,38,41)(H,39,43,44)/t32-,34-/m1/s1. The second-order valence-corrected chi connectivity index (χ2v) is 11.0. The summed E-state index contributed by atoms with van der Waals surface area (Å²) in [5.41, 5.74) is 0.789. The highest BCUT2D eigenvalue weighted by atomic mass is 16.5. The Labute approximate surface area is 272 Å². The second kappa shape index (κ2) is 14.8. The number of rotatable bonds is 13. The summed E-state index contributed by atoms with van der Waals surface area (Å²) in [6.45, 7) is 1.02. The van der Waals surface area contributed by atoms with Crippen LogP contribution in [0.5, 0.6) is 11.5 Å². The number of amides is 1. The lowest BCUT2D eigenvalue weighted by molar-refractivity contribution is -0.124. The van der Waals surface area contributed by atoms with Crippen molar-refractivity contribution in [1.82, 2.24) is 14.9 Å². The van der Waals surface area contributed by atoms with E-state index in [0.717, 1.165) is 21.3 Å². The number of aromatic nitrogens is 2. The summed E-state index contributed by atoms with van der Waals surface area (Å²) in [4.78, 5) is 39.9. The number of H-pyrrole nitrogens is 1. The predicted octanol–water partition coefficient (Wildman–Crippen LogP) is 4.09. The number of nitrogens with one attached hydrogen (secondary N) is 2. The first-order valence-corrected chi connectivity index (χ1v) is 15.1. The van der Waals surface area contributed by atoms with Crippen molar-refractivity contribution in [2.75, 3.05) is 20.8 Å². The lowest BCUT2D eigenvalue weighted by atomic mass is 9.80. The molecule has 0 fully saturated rings. The number of benzene rings is 4. The molecule has 5 rings (SSSR count). The normalized spacial score (nSPS) is 12.6. The minimum atomic E-state index is -1.20. The van der Waals surface area contributed by atoms with Crippen LogP contribution in [0.4, 0.5) is 0 Å². The molecule has 242 valence electrons. The van der Waals surface area contributed by atoms with E-state index in [-0.39, 0.29) is 18.7 Å². The van der Waals surface area contributed by atoms with Gasteiger partial charge < -0.3 is 24.6 Å². The monoisotopic (exact) mass is 635 g/mol. The Kier molecular flexibility index (Phi) is 10.3. The summed E-state index contributed by atoms with van der Waals surface area (Å²) in [6, 6.07) is 32.7. The smallest absolute Gasteiger partial charge is 0.328 e. The molecule has 0 bridgehead atoms. The number of aliphatic hydroxyl groups excluding tert-OH is 1. The first-order chi connectivity index (χ1) is 22.7. The van der Waals surface area contributed by atoms with Crippen molar-refractivity contribution in [3.63, 3.8) is 0 Å². The quantitative estimate of drug-likeness (QED) is 0.166. The molecule has 0 saturated heterocycles. The van der Waals surface area contributed by atoms with E-state index in [2.05, 4.69) is 10.3 Å². The average molecular weight is 636 g/mol. The van der Waals surface area contributed by atoms with E-state index < -0.39 is 34.9 Å². The number of aromatic amines is 1. The van der Waals surface area contributed by atoms with Crippen LogP contribution >= 0.6 is 0 Å². The Balaban J connectivity index is 1.57. The van der Waals surface area contributed by atoms with Crippen molar-refractivity contribution in [3.8, 4) is 11.5 Å². The van der Waals surface area contributed by atoms with Crippen LogP contribution in [-0.4, -0.2) is 47.4 Å². The van der Waals surface area contributed by atoms with E-state index in [4.69, 9.17) is 14.2 Å². The fraction of sp³-hybridized carbons (Fsp3) is 0.216. The number of hydrogen-bond acceptors (Lipinski definition) is 7. The summed E-state index contributed by atoms with van der Waals surface area (Å²) in [6.07, 6.45) is 0.155. The van der Waals surface area contributed by atoms with Crippen LogP contribution in [0.2, 0.25) is 0 Å². The van der Waals surface area contributed by atoms with Crippen LogP contribution in [0.25, 0.3) is 0 Å². The number of nitrogens with zero attached hydrogens (tertiary/aromatic N) is 1. The van der Waals surface area contributed by atoms with E-state index in [0.29, 0.717) is 17.1 Å². The maximum atomic E-state index is 13.4. The fourth-order valence-corrected chi connectivity index (χ4v) is 5.53. The summed E-state index contributed by atoms with van der Waals surface area (Å²) in [7, 11) is 3.19. The molecular formula is C37H37N3O7.